The van der Waals surface area contributed by atoms with Gasteiger partial charge in [-0.1, -0.05) is 39.8 Å². The van der Waals surface area contributed by atoms with Crippen LogP contribution in [0.2, 0.25) is 0 Å². The molecule has 0 aliphatic carbocycles. The van der Waals surface area contributed by atoms with Crippen molar-refractivity contribution in [3.8, 4) is 5.75 Å². The van der Waals surface area contributed by atoms with E-state index in [4.69, 9.17) is 21.7 Å². The third-order valence-electron chi connectivity index (χ3n) is 5.02. The Morgan fingerprint density at radius 1 is 1.12 bits per heavy atom. The lowest BCUT2D eigenvalue weighted by molar-refractivity contribution is -0.137. The predicted molar refractivity (Wildman–Crippen MR) is 136 cm³/mol. The topological polar surface area (TPSA) is 88.2 Å². The molecule has 2 heterocycles. The number of thioether (sulfide) groups is 1. The standard InChI is InChI=1S/C23H20BrN3O5S2/c24-17-5-3-16(4-6-17)21(29)25-27-22(30)19(34-23(27)33)13-15-1-7-18(8-2-15)32-14-20(28)26-9-11-31-12-10-26/h1-8,13H,9-12,14H2,(H,25,29)/b19-13+. The number of halogens is 1. The van der Waals surface area contributed by atoms with Crippen LogP contribution in [-0.2, 0) is 14.3 Å². The van der Waals surface area contributed by atoms with E-state index >= 15 is 0 Å². The lowest BCUT2D eigenvalue weighted by Crippen LogP contribution is -2.44. The summed E-state index contributed by atoms with van der Waals surface area (Å²) in [6.45, 7) is 2.18. The third kappa shape index (κ3) is 6.03. The average Bonchev–Trinajstić information content (AvgIpc) is 3.11. The van der Waals surface area contributed by atoms with Crippen molar-refractivity contribution in [1.82, 2.24) is 15.3 Å². The number of nitrogens with one attached hydrogen (secondary N) is 1. The second-order valence-corrected chi connectivity index (χ2v) is 9.91. The fourth-order valence-electron chi connectivity index (χ4n) is 3.19. The van der Waals surface area contributed by atoms with Gasteiger partial charge in [-0.3, -0.25) is 19.8 Å². The van der Waals surface area contributed by atoms with Gasteiger partial charge in [-0.25, -0.2) is 0 Å². The predicted octanol–water partition coefficient (Wildman–Crippen LogP) is 3.23. The van der Waals surface area contributed by atoms with E-state index in [2.05, 4.69) is 21.4 Å². The minimum Gasteiger partial charge on any atom is -0.484 e. The van der Waals surface area contributed by atoms with E-state index < -0.39 is 11.8 Å². The van der Waals surface area contributed by atoms with Crippen molar-refractivity contribution in [3.63, 3.8) is 0 Å². The molecule has 2 saturated heterocycles. The van der Waals surface area contributed by atoms with Crippen LogP contribution >= 0.6 is 39.9 Å². The second-order valence-electron chi connectivity index (χ2n) is 7.32. The molecular formula is C23H20BrN3O5S2. The highest BCUT2D eigenvalue weighted by Crippen LogP contribution is 2.31. The molecule has 0 atom stereocenters. The van der Waals surface area contributed by atoms with Gasteiger partial charge in [0, 0.05) is 23.1 Å². The average molecular weight is 562 g/mol. The molecule has 3 amide bonds. The van der Waals surface area contributed by atoms with E-state index in [0.29, 0.717) is 42.5 Å². The van der Waals surface area contributed by atoms with Gasteiger partial charge in [0.15, 0.2) is 10.9 Å². The summed E-state index contributed by atoms with van der Waals surface area (Å²) in [6, 6.07) is 13.8. The van der Waals surface area contributed by atoms with Crippen LogP contribution in [-0.4, -0.2) is 64.9 Å². The molecule has 0 unspecified atom stereocenters. The van der Waals surface area contributed by atoms with Gasteiger partial charge >= 0.3 is 0 Å². The number of morpholine rings is 1. The van der Waals surface area contributed by atoms with Gasteiger partial charge in [0.05, 0.1) is 18.1 Å². The number of carbonyl (C=O) groups excluding carboxylic acids is 3. The largest absolute Gasteiger partial charge is 0.484 e. The molecule has 0 saturated carbocycles. The monoisotopic (exact) mass is 561 g/mol. The Morgan fingerprint density at radius 2 is 1.79 bits per heavy atom. The highest BCUT2D eigenvalue weighted by atomic mass is 79.9. The van der Waals surface area contributed by atoms with Gasteiger partial charge in [-0.15, -0.1) is 0 Å². The Hall–Kier alpha value is -2.73. The smallest absolute Gasteiger partial charge is 0.285 e. The van der Waals surface area contributed by atoms with Gasteiger partial charge in [-0.2, -0.15) is 5.01 Å². The number of rotatable bonds is 6. The van der Waals surface area contributed by atoms with Crippen LogP contribution in [0.5, 0.6) is 5.75 Å². The number of ether oxygens (including phenoxy) is 2. The molecule has 11 heteroatoms. The van der Waals surface area contributed by atoms with E-state index in [1.165, 1.54) is 0 Å². The number of nitrogens with zero attached hydrogens (tertiary/aromatic N) is 2. The number of hydrogen-bond acceptors (Lipinski definition) is 7. The summed E-state index contributed by atoms with van der Waals surface area (Å²) in [5.74, 6) is -0.371. The summed E-state index contributed by atoms with van der Waals surface area (Å²) in [6.07, 6.45) is 1.69. The fourth-order valence-corrected chi connectivity index (χ4v) is 4.64. The van der Waals surface area contributed by atoms with Crippen molar-refractivity contribution < 1.29 is 23.9 Å². The van der Waals surface area contributed by atoms with E-state index in [0.717, 1.165) is 26.8 Å². The van der Waals surface area contributed by atoms with Crippen molar-refractivity contribution in [1.29, 1.82) is 0 Å². The number of carbonyl (C=O) groups is 3. The lowest BCUT2D eigenvalue weighted by Gasteiger charge is -2.26. The first kappa shape index (κ1) is 24.4. The summed E-state index contributed by atoms with van der Waals surface area (Å²) in [7, 11) is 0. The third-order valence-corrected chi connectivity index (χ3v) is 6.85. The molecular weight excluding hydrogens is 542 g/mol. The fraction of sp³-hybridized carbons (Fsp3) is 0.217. The maximum Gasteiger partial charge on any atom is 0.285 e. The van der Waals surface area contributed by atoms with Crippen LogP contribution in [0.3, 0.4) is 0 Å². The highest BCUT2D eigenvalue weighted by Gasteiger charge is 2.33. The first-order valence-electron chi connectivity index (χ1n) is 10.3. The molecule has 0 spiro atoms. The van der Waals surface area contributed by atoms with E-state index in [1.54, 1.807) is 59.5 Å². The number of hydrogen-bond donors (Lipinski definition) is 1. The number of amides is 3. The van der Waals surface area contributed by atoms with Crippen molar-refractivity contribution in [2.24, 2.45) is 0 Å². The zero-order valence-corrected chi connectivity index (χ0v) is 21.1. The molecule has 2 aromatic rings. The Bertz CT molecular complexity index is 1130. The minimum atomic E-state index is -0.432. The van der Waals surface area contributed by atoms with Crippen molar-refractivity contribution in [2.45, 2.75) is 0 Å². The maximum absolute atomic E-state index is 12.8. The van der Waals surface area contributed by atoms with Crippen molar-refractivity contribution in [3.05, 3.63) is 69.0 Å². The number of thiocarbonyl (C=S) groups is 1. The molecule has 176 valence electrons. The zero-order chi connectivity index (χ0) is 24.1. The Labute approximate surface area is 214 Å². The molecule has 0 bridgehead atoms. The van der Waals surface area contributed by atoms with Crippen LogP contribution in [0, 0.1) is 0 Å². The van der Waals surface area contributed by atoms with Gasteiger partial charge in [0.2, 0.25) is 0 Å². The van der Waals surface area contributed by atoms with E-state index in [1.807, 2.05) is 0 Å². The number of hydrazine groups is 1. The van der Waals surface area contributed by atoms with Gasteiger partial charge in [0.1, 0.15) is 5.75 Å². The molecule has 1 N–H and O–H groups in total. The quantitative estimate of drug-likeness (QED) is 0.428. The van der Waals surface area contributed by atoms with Crippen molar-refractivity contribution in [2.75, 3.05) is 32.9 Å². The molecule has 2 aliphatic rings. The highest BCUT2D eigenvalue weighted by molar-refractivity contribution is 9.10. The van der Waals surface area contributed by atoms with Crippen LogP contribution in [0.25, 0.3) is 6.08 Å². The van der Waals surface area contributed by atoms with Crippen molar-refractivity contribution >= 4 is 68.0 Å². The van der Waals surface area contributed by atoms with Crippen LogP contribution in [0.4, 0.5) is 0 Å². The van der Waals surface area contributed by atoms with E-state index in [9.17, 15) is 14.4 Å². The normalized spacial score (nSPS) is 17.3. The Kier molecular flexibility index (Phi) is 7.99. The SMILES string of the molecule is O=C(NN1C(=O)/C(=C\c2ccc(OCC(=O)N3CCOCC3)cc2)SC1=S)c1ccc(Br)cc1. The summed E-state index contributed by atoms with van der Waals surface area (Å²) < 4.78 is 11.9. The van der Waals surface area contributed by atoms with E-state index in [-0.39, 0.29) is 16.8 Å². The molecule has 0 radical (unpaired) electrons. The molecule has 4 rings (SSSR count). The number of benzene rings is 2. The lowest BCUT2D eigenvalue weighted by atomic mass is 10.2. The minimum absolute atomic E-state index is 0.0456. The molecule has 8 nitrogen and oxygen atoms in total. The maximum atomic E-state index is 12.8. The van der Waals surface area contributed by atoms with Crippen LogP contribution < -0.4 is 10.2 Å². The van der Waals surface area contributed by atoms with Crippen LogP contribution in [0.15, 0.2) is 57.9 Å². The summed E-state index contributed by atoms with van der Waals surface area (Å²) >= 11 is 9.70. The summed E-state index contributed by atoms with van der Waals surface area (Å²) in [5.41, 5.74) is 3.72. The van der Waals surface area contributed by atoms with Gasteiger partial charge in [-0.05, 0) is 60.3 Å². The van der Waals surface area contributed by atoms with Gasteiger partial charge in [0.25, 0.3) is 17.7 Å². The first-order chi connectivity index (χ1) is 16.4. The molecule has 2 fully saturated rings. The summed E-state index contributed by atoms with van der Waals surface area (Å²) in [4.78, 5) is 39.5. The Morgan fingerprint density at radius 3 is 2.47 bits per heavy atom. The molecule has 2 aromatic carbocycles. The second kappa shape index (κ2) is 11.1. The first-order valence-corrected chi connectivity index (χ1v) is 12.4. The van der Waals surface area contributed by atoms with Crippen LogP contribution in [0.1, 0.15) is 15.9 Å². The molecule has 0 aromatic heterocycles. The molecule has 34 heavy (non-hydrogen) atoms. The molecule has 2 aliphatic heterocycles. The Balaban J connectivity index is 1.34. The summed E-state index contributed by atoms with van der Waals surface area (Å²) in [5, 5.41) is 1.07. The van der Waals surface area contributed by atoms with Gasteiger partial charge < -0.3 is 14.4 Å². The zero-order valence-electron chi connectivity index (χ0n) is 17.9.